The molecule has 5 heteroatoms. The van der Waals surface area contributed by atoms with Crippen LogP contribution in [0.2, 0.25) is 0 Å². The lowest BCUT2D eigenvalue weighted by atomic mass is 9.99. The molecule has 0 unspecified atom stereocenters. The third-order valence-electron chi connectivity index (χ3n) is 4.38. The van der Waals surface area contributed by atoms with Crippen molar-refractivity contribution in [1.29, 1.82) is 0 Å². The van der Waals surface area contributed by atoms with E-state index in [1.54, 1.807) is 7.11 Å². The number of nitrogens with two attached hydrogens (primary N) is 1. The highest BCUT2D eigenvalue weighted by Crippen LogP contribution is 2.62. The van der Waals surface area contributed by atoms with Gasteiger partial charge in [0, 0.05) is 31.2 Å². The smallest absolute Gasteiger partial charge is 0.151 e. The van der Waals surface area contributed by atoms with Crippen LogP contribution in [0, 0.1) is 5.41 Å². The Bertz CT molecular complexity index is 567. The van der Waals surface area contributed by atoms with Crippen molar-refractivity contribution in [3.05, 3.63) is 35.4 Å². The van der Waals surface area contributed by atoms with Crippen LogP contribution in [0.4, 0.5) is 0 Å². The lowest BCUT2D eigenvalue weighted by Gasteiger charge is -2.14. The Labute approximate surface area is 121 Å². The van der Waals surface area contributed by atoms with Crippen LogP contribution < -0.4 is 5.73 Å². The highest BCUT2D eigenvalue weighted by Gasteiger charge is 2.69. The molecule has 1 fully saturated rings. The predicted octanol–water partition coefficient (Wildman–Crippen LogP) is 1.35. The highest BCUT2D eigenvalue weighted by molar-refractivity contribution is 7.91. The van der Waals surface area contributed by atoms with Crippen LogP contribution >= 0.6 is 0 Å². The fourth-order valence-electron chi connectivity index (χ4n) is 3.34. The molecule has 0 aliphatic heterocycles. The van der Waals surface area contributed by atoms with E-state index in [9.17, 15) is 8.42 Å². The third-order valence-corrected chi connectivity index (χ3v) is 6.05. The van der Waals surface area contributed by atoms with E-state index in [1.165, 1.54) is 11.8 Å². The van der Waals surface area contributed by atoms with Gasteiger partial charge in [-0.2, -0.15) is 0 Å². The van der Waals surface area contributed by atoms with Gasteiger partial charge in [0.05, 0.1) is 11.9 Å². The maximum absolute atomic E-state index is 12.0. The number of sulfone groups is 1. The van der Waals surface area contributed by atoms with Crippen molar-refractivity contribution in [1.82, 2.24) is 0 Å². The van der Waals surface area contributed by atoms with Crippen LogP contribution in [0.25, 0.3) is 0 Å². The summed E-state index contributed by atoms with van der Waals surface area (Å²) in [4.78, 5) is 0. The second-order valence-electron chi connectivity index (χ2n) is 5.69. The van der Waals surface area contributed by atoms with Gasteiger partial charge in [0.2, 0.25) is 0 Å². The standard InChI is InChI=1S/C15H23NO3S/c1-4-11-5-7-12(8-6-11)13-14(20(3,17)18)15(13,9-16)10-19-2/h5-8,13-14H,4,9-10,16H2,1-3H3/t13-,14+,15-/m1/s1. The summed E-state index contributed by atoms with van der Waals surface area (Å²) in [6.07, 6.45) is 2.26. The second-order valence-corrected chi connectivity index (χ2v) is 7.86. The Morgan fingerprint density at radius 2 is 1.90 bits per heavy atom. The Morgan fingerprint density at radius 3 is 2.30 bits per heavy atom. The van der Waals surface area contributed by atoms with Crippen molar-refractivity contribution in [2.24, 2.45) is 11.1 Å². The molecule has 0 radical (unpaired) electrons. The maximum atomic E-state index is 12.0. The van der Waals surface area contributed by atoms with Crippen molar-refractivity contribution in [3.8, 4) is 0 Å². The van der Waals surface area contributed by atoms with Crippen molar-refractivity contribution in [2.75, 3.05) is 26.5 Å². The van der Waals surface area contributed by atoms with Crippen LogP contribution in [0.1, 0.15) is 24.0 Å². The molecule has 1 aromatic carbocycles. The van der Waals surface area contributed by atoms with Gasteiger partial charge in [-0.3, -0.25) is 0 Å². The minimum absolute atomic E-state index is 0.0617. The van der Waals surface area contributed by atoms with Gasteiger partial charge in [-0.1, -0.05) is 31.2 Å². The minimum Gasteiger partial charge on any atom is -0.384 e. The zero-order valence-electron chi connectivity index (χ0n) is 12.3. The van der Waals surface area contributed by atoms with Gasteiger partial charge < -0.3 is 10.5 Å². The fourth-order valence-corrected chi connectivity index (χ4v) is 5.34. The van der Waals surface area contributed by atoms with E-state index >= 15 is 0 Å². The molecule has 1 aromatic rings. The number of hydrogen-bond acceptors (Lipinski definition) is 4. The second kappa shape index (κ2) is 5.47. The Balaban J connectivity index is 2.37. The fraction of sp³-hybridized carbons (Fsp3) is 0.600. The van der Waals surface area contributed by atoms with E-state index < -0.39 is 20.5 Å². The van der Waals surface area contributed by atoms with Crippen LogP contribution in [0.15, 0.2) is 24.3 Å². The molecular weight excluding hydrogens is 274 g/mol. The average molecular weight is 297 g/mol. The van der Waals surface area contributed by atoms with E-state index in [0.29, 0.717) is 13.2 Å². The minimum atomic E-state index is -3.14. The molecule has 2 N–H and O–H groups in total. The molecule has 2 rings (SSSR count). The zero-order valence-corrected chi connectivity index (χ0v) is 13.1. The summed E-state index contributed by atoms with van der Waals surface area (Å²) in [5.74, 6) is -0.0617. The van der Waals surface area contributed by atoms with E-state index in [2.05, 4.69) is 19.1 Å². The van der Waals surface area contributed by atoms with E-state index in [1.807, 2.05) is 12.1 Å². The van der Waals surface area contributed by atoms with E-state index in [0.717, 1.165) is 12.0 Å². The van der Waals surface area contributed by atoms with Crippen molar-refractivity contribution in [2.45, 2.75) is 24.5 Å². The number of methoxy groups -OCH3 is 1. The first kappa shape index (κ1) is 15.5. The molecule has 1 aliphatic rings. The maximum Gasteiger partial charge on any atom is 0.151 e. The van der Waals surface area contributed by atoms with Crippen LogP contribution in [-0.4, -0.2) is 40.2 Å². The summed E-state index contributed by atoms with van der Waals surface area (Å²) in [5.41, 5.74) is 7.69. The molecule has 1 saturated carbocycles. The number of rotatable bonds is 6. The Hall–Kier alpha value is -0.910. The summed E-state index contributed by atoms with van der Waals surface area (Å²) in [7, 11) is -1.55. The summed E-state index contributed by atoms with van der Waals surface area (Å²) < 4.78 is 29.3. The van der Waals surface area contributed by atoms with Gasteiger partial charge >= 0.3 is 0 Å². The van der Waals surface area contributed by atoms with Crippen molar-refractivity contribution < 1.29 is 13.2 Å². The number of hydrogen-bond donors (Lipinski definition) is 1. The van der Waals surface area contributed by atoms with Crippen molar-refractivity contribution >= 4 is 9.84 Å². The number of aryl methyl sites for hydroxylation is 1. The first-order chi connectivity index (χ1) is 9.40. The number of ether oxygens (including phenoxy) is 1. The molecule has 0 bridgehead atoms. The summed E-state index contributed by atoms with van der Waals surface area (Å²) in [6.45, 7) is 2.79. The van der Waals surface area contributed by atoms with Gasteiger partial charge in [0.15, 0.2) is 9.84 Å². The molecule has 112 valence electrons. The first-order valence-electron chi connectivity index (χ1n) is 6.87. The topological polar surface area (TPSA) is 69.4 Å². The normalized spacial score (nSPS) is 29.4. The zero-order chi connectivity index (χ0) is 15.0. The lowest BCUT2D eigenvalue weighted by Crippen LogP contribution is -2.28. The van der Waals surface area contributed by atoms with Gasteiger partial charge in [-0.05, 0) is 17.5 Å². The molecule has 0 heterocycles. The largest absolute Gasteiger partial charge is 0.384 e. The SMILES string of the molecule is CCc1ccc([C@@H]2[C@H](S(C)(=O)=O)[C@]2(CN)COC)cc1. The van der Waals surface area contributed by atoms with Gasteiger partial charge in [0.25, 0.3) is 0 Å². The first-order valence-corrected chi connectivity index (χ1v) is 8.83. The van der Waals surface area contributed by atoms with E-state index in [-0.39, 0.29) is 5.92 Å². The summed E-state index contributed by atoms with van der Waals surface area (Å²) in [5, 5.41) is -0.438. The predicted molar refractivity (Wildman–Crippen MR) is 80.6 cm³/mol. The average Bonchev–Trinajstić information content (AvgIpc) is 3.09. The molecule has 0 spiro atoms. The molecule has 0 saturated heterocycles. The number of benzene rings is 1. The van der Waals surface area contributed by atoms with Crippen LogP contribution in [0.5, 0.6) is 0 Å². The molecular formula is C15H23NO3S. The molecule has 20 heavy (non-hydrogen) atoms. The summed E-state index contributed by atoms with van der Waals surface area (Å²) in [6, 6.07) is 8.16. The molecule has 1 aliphatic carbocycles. The van der Waals surface area contributed by atoms with Gasteiger partial charge in [0.1, 0.15) is 0 Å². The summed E-state index contributed by atoms with van der Waals surface area (Å²) >= 11 is 0. The molecule has 0 aromatic heterocycles. The monoisotopic (exact) mass is 297 g/mol. The van der Waals surface area contributed by atoms with Gasteiger partial charge in [-0.25, -0.2) is 8.42 Å². The van der Waals surface area contributed by atoms with Gasteiger partial charge in [-0.15, -0.1) is 0 Å². The van der Waals surface area contributed by atoms with Crippen LogP contribution in [0.3, 0.4) is 0 Å². The molecule has 0 amide bonds. The van der Waals surface area contributed by atoms with Crippen molar-refractivity contribution in [3.63, 3.8) is 0 Å². The highest BCUT2D eigenvalue weighted by atomic mass is 32.2. The Morgan fingerprint density at radius 1 is 1.30 bits per heavy atom. The molecule has 3 atom stereocenters. The lowest BCUT2D eigenvalue weighted by molar-refractivity contribution is 0.142. The molecule has 4 nitrogen and oxygen atoms in total. The van der Waals surface area contributed by atoms with E-state index in [4.69, 9.17) is 10.5 Å². The van der Waals surface area contributed by atoms with Crippen LogP contribution in [-0.2, 0) is 21.0 Å². The third kappa shape index (κ3) is 2.50. The Kier molecular flexibility index (Phi) is 4.23. The quantitative estimate of drug-likeness (QED) is 0.860.